The van der Waals surface area contributed by atoms with E-state index in [1.165, 1.54) is 0 Å². The number of hydrogen-bond acceptors (Lipinski definition) is 2. The molecule has 2 aromatic carbocycles. The molecule has 0 aliphatic rings. The molecule has 2 rings (SSSR count). The van der Waals surface area contributed by atoms with E-state index in [4.69, 9.17) is 4.74 Å². The van der Waals surface area contributed by atoms with Crippen molar-refractivity contribution in [2.45, 2.75) is 18.9 Å². The second kappa shape index (κ2) is 6.86. The summed E-state index contributed by atoms with van der Waals surface area (Å²) >= 11 is 0. The quantitative estimate of drug-likeness (QED) is 0.727. The molecule has 19 heavy (non-hydrogen) atoms. The summed E-state index contributed by atoms with van der Waals surface area (Å²) in [5.41, 5.74) is 1.89. The van der Waals surface area contributed by atoms with Crippen molar-refractivity contribution in [1.82, 2.24) is 0 Å². The lowest BCUT2D eigenvalue weighted by atomic mass is 10.0. The van der Waals surface area contributed by atoms with E-state index in [0.29, 0.717) is 12.8 Å². The Morgan fingerprint density at radius 2 is 1.58 bits per heavy atom. The van der Waals surface area contributed by atoms with Crippen molar-refractivity contribution in [3.05, 3.63) is 71.8 Å². The fourth-order valence-corrected chi connectivity index (χ4v) is 2.12. The van der Waals surface area contributed by atoms with Crippen molar-refractivity contribution >= 4 is 5.78 Å². The third-order valence-corrected chi connectivity index (χ3v) is 3.19. The Morgan fingerprint density at radius 1 is 1.00 bits per heavy atom. The van der Waals surface area contributed by atoms with Crippen molar-refractivity contribution in [3.63, 3.8) is 0 Å². The topological polar surface area (TPSA) is 26.3 Å². The molecule has 0 saturated carbocycles. The zero-order valence-electron chi connectivity index (χ0n) is 11.1. The SMILES string of the molecule is COC(CCC(=O)c1ccccc1)c1ccccc1. The highest BCUT2D eigenvalue weighted by atomic mass is 16.5. The van der Waals surface area contributed by atoms with E-state index in [2.05, 4.69) is 0 Å². The molecule has 2 heteroatoms. The average molecular weight is 254 g/mol. The molecule has 1 unspecified atom stereocenters. The minimum Gasteiger partial charge on any atom is -0.377 e. The molecule has 0 aliphatic carbocycles. The summed E-state index contributed by atoms with van der Waals surface area (Å²) in [7, 11) is 1.69. The number of ether oxygens (including phenoxy) is 1. The first-order valence-corrected chi connectivity index (χ1v) is 6.47. The molecule has 0 N–H and O–H groups in total. The molecule has 0 amide bonds. The Kier molecular flexibility index (Phi) is 4.87. The lowest BCUT2D eigenvalue weighted by Gasteiger charge is -2.15. The number of ketones is 1. The fourth-order valence-electron chi connectivity index (χ4n) is 2.12. The number of carbonyl (C=O) groups excluding carboxylic acids is 1. The van der Waals surface area contributed by atoms with E-state index in [-0.39, 0.29) is 11.9 Å². The van der Waals surface area contributed by atoms with Gasteiger partial charge in [0.05, 0.1) is 6.10 Å². The molecular weight excluding hydrogens is 236 g/mol. The normalized spacial score (nSPS) is 12.1. The van der Waals surface area contributed by atoms with Crippen LogP contribution in [0.1, 0.15) is 34.9 Å². The standard InChI is InChI=1S/C17H18O2/c1-19-17(15-10-6-3-7-11-15)13-12-16(18)14-8-4-2-5-9-14/h2-11,17H,12-13H2,1H3. The molecule has 0 aromatic heterocycles. The van der Waals surface area contributed by atoms with Gasteiger partial charge in [0, 0.05) is 19.1 Å². The molecular formula is C17H18O2. The van der Waals surface area contributed by atoms with Crippen molar-refractivity contribution in [1.29, 1.82) is 0 Å². The summed E-state index contributed by atoms with van der Waals surface area (Å²) in [5.74, 6) is 0.165. The van der Waals surface area contributed by atoms with Gasteiger partial charge in [-0.25, -0.2) is 0 Å². The molecule has 0 spiro atoms. The predicted octanol–water partition coefficient (Wildman–Crippen LogP) is 4.04. The largest absolute Gasteiger partial charge is 0.377 e. The third-order valence-electron chi connectivity index (χ3n) is 3.19. The summed E-state index contributed by atoms with van der Waals surface area (Å²) in [6, 6.07) is 19.4. The number of Topliss-reactive ketones (excluding diaryl/α,β-unsaturated/α-hetero) is 1. The van der Waals surface area contributed by atoms with Crippen LogP contribution in [0.3, 0.4) is 0 Å². The molecule has 0 saturated heterocycles. The van der Waals surface area contributed by atoms with E-state index in [9.17, 15) is 4.79 Å². The second-order valence-electron chi connectivity index (χ2n) is 4.46. The highest BCUT2D eigenvalue weighted by molar-refractivity contribution is 5.95. The Morgan fingerprint density at radius 3 is 2.16 bits per heavy atom. The monoisotopic (exact) mass is 254 g/mol. The van der Waals surface area contributed by atoms with Gasteiger partial charge in [0.15, 0.2) is 5.78 Å². The van der Waals surface area contributed by atoms with Crippen LogP contribution in [-0.4, -0.2) is 12.9 Å². The maximum atomic E-state index is 12.0. The van der Waals surface area contributed by atoms with Crippen LogP contribution in [0.2, 0.25) is 0 Å². The third kappa shape index (κ3) is 3.76. The zero-order chi connectivity index (χ0) is 13.5. The van der Waals surface area contributed by atoms with Gasteiger partial charge in [-0.3, -0.25) is 4.79 Å². The fraction of sp³-hybridized carbons (Fsp3) is 0.235. The maximum Gasteiger partial charge on any atom is 0.162 e. The summed E-state index contributed by atoms with van der Waals surface area (Å²) in [5, 5.41) is 0. The molecule has 98 valence electrons. The minimum absolute atomic E-state index is 0.0196. The van der Waals surface area contributed by atoms with Crippen molar-refractivity contribution in [2.75, 3.05) is 7.11 Å². The van der Waals surface area contributed by atoms with Crippen LogP contribution in [0, 0.1) is 0 Å². The molecule has 0 radical (unpaired) electrons. The molecule has 2 aromatic rings. The Balaban J connectivity index is 1.96. The van der Waals surface area contributed by atoms with Gasteiger partial charge >= 0.3 is 0 Å². The predicted molar refractivity (Wildman–Crippen MR) is 76.2 cm³/mol. The van der Waals surface area contributed by atoms with E-state index in [1.54, 1.807) is 7.11 Å². The van der Waals surface area contributed by atoms with Crippen LogP contribution >= 0.6 is 0 Å². The zero-order valence-corrected chi connectivity index (χ0v) is 11.1. The first-order chi connectivity index (χ1) is 9.31. The maximum absolute atomic E-state index is 12.0. The average Bonchev–Trinajstić information content (AvgIpc) is 2.49. The summed E-state index contributed by atoms with van der Waals surface area (Å²) in [4.78, 5) is 12.0. The van der Waals surface area contributed by atoms with Crippen LogP contribution in [0.5, 0.6) is 0 Å². The van der Waals surface area contributed by atoms with Gasteiger partial charge in [-0.2, -0.15) is 0 Å². The van der Waals surface area contributed by atoms with Gasteiger partial charge in [-0.05, 0) is 12.0 Å². The Hall–Kier alpha value is -1.93. The lowest BCUT2D eigenvalue weighted by Crippen LogP contribution is -2.06. The molecule has 0 heterocycles. The van der Waals surface area contributed by atoms with Gasteiger partial charge in [-0.1, -0.05) is 60.7 Å². The van der Waals surface area contributed by atoms with Gasteiger partial charge < -0.3 is 4.74 Å². The van der Waals surface area contributed by atoms with Crippen molar-refractivity contribution in [3.8, 4) is 0 Å². The smallest absolute Gasteiger partial charge is 0.162 e. The number of benzene rings is 2. The number of rotatable bonds is 6. The number of methoxy groups -OCH3 is 1. The van der Waals surface area contributed by atoms with Crippen molar-refractivity contribution in [2.24, 2.45) is 0 Å². The first-order valence-electron chi connectivity index (χ1n) is 6.47. The highest BCUT2D eigenvalue weighted by Crippen LogP contribution is 2.22. The van der Waals surface area contributed by atoms with E-state index >= 15 is 0 Å². The number of hydrogen-bond donors (Lipinski definition) is 0. The van der Waals surface area contributed by atoms with Crippen molar-refractivity contribution < 1.29 is 9.53 Å². The molecule has 1 atom stereocenters. The van der Waals surface area contributed by atoms with Gasteiger partial charge in [0.25, 0.3) is 0 Å². The van der Waals surface area contributed by atoms with E-state index in [1.807, 2.05) is 60.7 Å². The summed E-state index contributed by atoms with van der Waals surface area (Å²) < 4.78 is 5.47. The van der Waals surface area contributed by atoms with Gasteiger partial charge in [-0.15, -0.1) is 0 Å². The molecule has 2 nitrogen and oxygen atoms in total. The summed E-state index contributed by atoms with van der Waals surface area (Å²) in [6.07, 6.45) is 1.18. The Labute approximate surface area is 114 Å². The first kappa shape index (κ1) is 13.5. The number of carbonyl (C=O) groups is 1. The van der Waals surface area contributed by atoms with Crippen LogP contribution in [-0.2, 0) is 4.74 Å². The van der Waals surface area contributed by atoms with Gasteiger partial charge in [0.2, 0.25) is 0 Å². The highest BCUT2D eigenvalue weighted by Gasteiger charge is 2.13. The van der Waals surface area contributed by atoms with Crippen LogP contribution in [0.25, 0.3) is 0 Å². The lowest BCUT2D eigenvalue weighted by molar-refractivity contribution is 0.0815. The van der Waals surface area contributed by atoms with E-state index in [0.717, 1.165) is 11.1 Å². The van der Waals surface area contributed by atoms with Crippen LogP contribution in [0.15, 0.2) is 60.7 Å². The summed E-state index contributed by atoms with van der Waals surface area (Å²) in [6.45, 7) is 0. The second-order valence-corrected chi connectivity index (χ2v) is 4.46. The van der Waals surface area contributed by atoms with Crippen LogP contribution in [0.4, 0.5) is 0 Å². The molecule has 0 fully saturated rings. The molecule has 0 bridgehead atoms. The minimum atomic E-state index is -0.0196. The van der Waals surface area contributed by atoms with Crippen LogP contribution < -0.4 is 0 Å². The van der Waals surface area contributed by atoms with Gasteiger partial charge in [0.1, 0.15) is 0 Å². The molecule has 0 aliphatic heterocycles. The Bertz CT molecular complexity index is 505. The van der Waals surface area contributed by atoms with E-state index < -0.39 is 0 Å².